The molecule has 0 aliphatic carbocycles. The largest absolute Gasteiger partial charge is 0.368 e. The van der Waals surface area contributed by atoms with Crippen molar-refractivity contribution < 1.29 is 4.39 Å². The summed E-state index contributed by atoms with van der Waals surface area (Å²) in [4.78, 5) is 10.8. The zero-order valence-electron chi connectivity index (χ0n) is 14.0. The fraction of sp³-hybridized carbons (Fsp3) is 0.444. The van der Waals surface area contributed by atoms with Gasteiger partial charge in [0.1, 0.15) is 11.6 Å². The molecule has 1 aromatic heterocycles. The molecule has 0 saturated carbocycles. The molecule has 6 heteroatoms. The molecule has 1 aliphatic rings. The summed E-state index contributed by atoms with van der Waals surface area (Å²) in [7, 11) is 0. The van der Waals surface area contributed by atoms with E-state index in [1.54, 1.807) is 0 Å². The van der Waals surface area contributed by atoms with Crippen LogP contribution in [0.15, 0.2) is 30.3 Å². The predicted molar refractivity (Wildman–Crippen MR) is 94.2 cm³/mol. The average molecular weight is 329 g/mol. The average Bonchev–Trinajstić information content (AvgIpc) is 2.57. The second kappa shape index (κ2) is 7.57. The van der Waals surface area contributed by atoms with E-state index < -0.39 is 0 Å². The Labute approximate surface area is 142 Å². The Morgan fingerprint density at radius 3 is 2.54 bits per heavy atom. The van der Waals surface area contributed by atoms with Gasteiger partial charge in [-0.1, -0.05) is 18.6 Å². The van der Waals surface area contributed by atoms with Crippen LogP contribution in [0.2, 0.25) is 0 Å². The summed E-state index contributed by atoms with van der Waals surface area (Å²) >= 11 is 0. The molecule has 0 unspecified atom stereocenters. The van der Waals surface area contributed by atoms with Crippen molar-refractivity contribution >= 4 is 11.8 Å². The molecule has 0 radical (unpaired) electrons. The van der Waals surface area contributed by atoms with Crippen molar-refractivity contribution in [3.8, 4) is 0 Å². The highest BCUT2D eigenvalue weighted by Gasteiger charge is 2.22. The van der Waals surface area contributed by atoms with Gasteiger partial charge in [-0.15, -0.1) is 0 Å². The summed E-state index contributed by atoms with van der Waals surface area (Å²) in [5, 5.41) is 3.37. The van der Waals surface area contributed by atoms with Crippen LogP contribution in [0.25, 0.3) is 0 Å². The highest BCUT2D eigenvalue weighted by Crippen LogP contribution is 2.25. The SMILES string of the molecule is Cc1cc(NC[C@@H](c2ccc(F)cc2)N2CCCCC2)nc(N)n1. The normalized spacial score (nSPS) is 16.8. The summed E-state index contributed by atoms with van der Waals surface area (Å²) in [6.07, 6.45) is 3.69. The molecule has 128 valence electrons. The maximum Gasteiger partial charge on any atom is 0.222 e. The third-order valence-electron chi connectivity index (χ3n) is 4.43. The van der Waals surface area contributed by atoms with Gasteiger partial charge in [0.2, 0.25) is 5.95 Å². The van der Waals surface area contributed by atoms with Crippen molar-refractivity contribution in [3.63, 3.8) is 0 Å². The Balaban J connectivity index is 1.77. The third kappa shape index (κ3) is 4.20. The lowest BCUT2D eigenvalue weighted by molar-refractivity contribution is 0.170. The number of piperidine rings is 1. The van der Waals surface area contributed by atoms with Crippen LogP contribution in [0.5, 0.6) is 0 Å². The Morgan fingerprint density at radius 2 is 1.88 bits per heavy atom. The van der Waals surface area contributed by atoms with Crippen molar-refractivity contribution in [1.82, 2.24) is 14.9 Å². The van der Waals surface area contributed by atoms with Crippen LogP contribution in [0, 0.1) is 12.7 Å². The number of aryl methyl sites for hydroxylation is 1. The topological polar surface area (TPSA) is 67.1 Å². The van der Waals surface area contributed by atoms with Crippen LogP contribution in [-0.2, 0) is 0 Å². The maximum absolute atomic E-state index is 13.3. The van der Waals surface area contributed by atoms with E-state index in [1.807, 2.05) is 25.1 Å². The number of nitrogens with zero attached hydrogens (tertiary/aromatic N) is 3. The van der Waals surface area contributed by atoms with E-state index in [4.69, 9.17) is 5.73 Å². The predicted octanol–water partition coefficient (Wildman–Crippen LogP) is 3.15. The summed E-state index contributed by atoms with van der Waals surface area (Å²) < 4.78 is 13.3. The summed E-state index contributed by atoms with van der Waals surface area (Å²) in [6, 6.07) is 8.86. The number of anilines is 2. The summed E-state index contributed by atoms with van der Waals surface area (Å²) in [5.74, 6) is 0.793. The molecule has 1 fully saturated rings. The smallest absolute Gasteiger partial charge is 0.222 e. The number of hydrogen-bond acceptors (Lipinski definition) is 5. The highest BCUT2D eigenvalue weighted by atomic mass is 19.1. The molecule has 0 bridgehead atoms. The van der Waals surface area contributed by atoms with Gasteiger partial charge in [0.05, 0.1) is 6.04 Å². The molecule has 24 heavy (non-hydrogen) atoms. The number of rotatable bonds is 5. The Kier molecular flexibility index (Phi) is 5.25. The molecular formula is C18H24FN5. The molecule has 0 amide bonds. The molecule has 1 aliphatic heterocycles. The van der Waals surface area contributed by atoms with E-state index in [0.717, 1.165) is 30.2 Å². The zero-order chi connectivity index (χ0) is 16.9. The number of aromatic nitrogens is 2. The molecular weight excluding hydrogens is 305 g/mol. The number of nitrogens with two attached hydrogens (primary N) is 1. The van der Waals surface area contributed by atoms with E-state index in [1.165, 1.54) is 31.4 Å². The monoisotopic (exact) mass is 329 g/mol. The summed E-state index contributed by atoms with van der Waals surface area (Å²) in [6.45, 7) is 4.72. The van der Waals surface area contributed by atoms with Gasteiger partial charge in [-0.25, -0.2) is 9.37 Å². The third-order valence-corrected chi connectivity index (χ3v) is 4.43. The van der Waals surface area contributed by atoms with E-state index in [2.05, 4.69) is 20.2 Å². The van der Waals surface area contributed by atoms with Crippen molar-refractivity contribution in [2.75, 3.05) is 30.7 Å². The fourth-order valence-corrected chi connectivity index (χ4v) is 3.26. The minimum atomic E-state index is -0.205. The standard InChI is InChI=1S/C18H24FN5/c1-13-11-17(23-18(20)22-13)21-12-16(24-9-3-2-4-10-24)14-5-7-15(19)8-6-14/h5-8,11,16H,2-4,9-10,12H2,1H3,(H3,20,21,22,23)/t16-/m0/s1. The van der Waals surface area contributed by atoms with Crippen LogP contribution >= 0.6 is 0 Å². The molecule has 1 atom stereocenters. The van der Waals surface area contributed by atoms with Gasteiger partial charge in [-0.3, -0.25) is 4.90 Å². The maximum atomic E-state index is 13.3. The first-order valence-electron chi connectivity index (χ1n) is 8.46. The van der Waals surface area contributed by atoms with Gasteiger partial charge in [-0.05, 0) is 50.6 Å². The zero-order valence-corrected chi connectivity index (χ0v) is 14.0. The molecule has 2 heterocycles. The Bertz CT molecular complexity index is 647. The van der Waals surface area contributed by atoms with Crippen molar-refractivity contribution in [1.29, 1.82) is 0 Å². The molecule has 2 aromatic rings. The second-order valence-electron chi connectivity index (χ2n) is 6.30. The van der Waals surface area contributed by atoms with Gasteiger partial charge in [-0.2, -0.15) is 4.98 Å². The second-order valence-corrected chi connectivity index (χ2v) is 6.30. The first kappa shape index (κ1) is 16.6. The molecule has 3 N–H and O–H groups in total. The molecule has 1 saturated heterocycles. The molecule has 1 aromatic carbocycles. The number of hydrogen-bond donors (Lipinski definition) is 2. The van der Waals surface area contributed by atoms with E-state index in [9.17, 15) is 4.39 Å². The van der Waals surface area contributed by atoms with Gasteiger partial charge < -0.3 is 11.1 Å². The van der Waals surface area contributed by atoms with E-state index in [-0.39, 0.29) is 17.8 Å². The lowest BCUT2D eigenvalue weighted by Crippen LogP contribution is -2.37. The molecule has 5 nitrogen and oxygen atoms in total. The van der Waals surface area contributed by atoms with E-state index >= 15 is 0 Å². The van der Waals surface area contributed by atoms with Gasteiger partial charge in [0.25, 0.3) is 0 Å². The van der Waals surface area contributed by atoms with Crippen molar-refractivity contribution in [2.45, 2.75) is 32.2 Å². The Morgan fingerprint density at radius 1 is 1.17 bits per heavy atom. The molecule has 3 rings (SSSR count). The quantitative estimate of drug-likeness (QED) is 0.882. The highest BCUT2D eigenvalue weighted by molar-refractivity contribution is 5.40. The number of likely N-dealkylation sites (tertiary alicyclic amines) is 1. The summed E-state index contributed by atoms with van der Waals surface area (Å²) in [5.41, 5.74) is 7.67. The minimum absolute atomic E-state index is 0.183. The van der Waals surface area contributed by atoms with Crippen molar-refractivity contribution in [2.24, 2.45) is 0 Å². The first-order chi connectivity index (χ1) is 11.6. The van der Waals surface area contributed by atoms with Crippen LogP contribution in [-0.4, -0.2) is 34.5 Å². The van der Waals surface area contributed by atoms with Crippen LogP contribution in [0.4, 0.5) is 16.2 Å². The number of benzene rings is 1. The minimum Gasteiger partial charge on any atom is -0.368 e. The fourth-order valence-electron chi connectivity index (χ4n) is 3.26. The molecule has 0 spiro atoms. The number of nitrogens with one attached hydrogen (secondary N) is 1. The van der Waals surface area contributed by atoms with Crippen LogP contribution in [0.1, 0.15) is 36.6 Å². The van der Waals surface area contributed by atoms with Crippen LogP contribution < -0.4 is 11.1 Å². The Hall–Kier alpha value is -2.21. The van der Waals surface area contributed by atoms with Gasteiger partial charge in [0, 0.05) is 18.3 Å². The number of nitrogen functional groups attached to an aromatic ring is 1. The van der Waals surface area contributed by atoms with Crippen LogP contribution in [0.3, 0.4) is 0 Å². The lowest BCUT2D eigenvalue weighted by atomic mass is 10.0. The first-order valence-corrected chi connectivity index (χ1v) is 8.46. The van der Waals surface area contributed by atoms with E-state index in [0.29, 0.717) is 6.54 Å². The van der Waals surface area contributed by atoms with Crippen molar-refractivity contribution in [3.05, 3.63) is 47.4 Å². The lowest BCUT2D eigenvalue weighted by Gasteiger charge is -2.35. The number of halogens is 1. The van der Waals surface area contributed by atoms with Gasteiger partial charge >= 0.3 is 0 Å². The van der Waals surface area contributed by atoms with Gasteiger partial charge in [0.15, 0.2) is 0 Å².